The van der Waals surface area contributed by atoms with Gasteiger partial charge >= 0.3 is 0 Å². The molecular weight excluding hydrogens is 241 g/mol. The summed E-state index contributed by atoms with van der Waals surface area (Å²) in [7, 11) is -5.42. The molecule has 0 aliphatic heterocycles. The molecule has 0 unspecified atom stereocenters. The van der Waals surface area contributed by atoms with Gasteiger partial charge in [0.05, 0.1) is 5.38 Å². The minimum absolute atomic E-state index is 0.831. The van der Waals surface area contributed by atoms with Gasteiger partial charge in [-0.3, -0.25) is 0 Å². The van der Waals surface area contributed by atoms with Crippen LogP contribution >= 0.6 is 23.1 Å². The second kappa shape index (κ2) is 5.48. The van der Waals surface area contributed by atoms with Gasteiger partial charge in [-0.1, -0.05) is 0 Å². The third-order valence-electron chi connectivity index (χ3n) is 0.919. The van der Waals surface area contributed by atoms with Gasteiger partial charge in [0.25, 0.3) is 15.7 Å². The van der Waals surface area contributed by atoms with Crippen LogP contribution in [0, 0.1) is 0 Å². The number of nitrogens with zero attached hydrogens (tertiary/aromatic N) is 1. The molecule has 0 radical (unpaired) electrons. The molecule has 1 aromatic rings. The highest BCUT2D eigenvalue weighted by atomic mass is 35.5. The van der Waals surface area contributed by atoms with Gasteiger partial charge in [0, 0.05) is 6.07 Å². The highest BCUT2D eigenvalue weighted by Gasteiger charge is 2.04. The van der Waals surface area contributed by atoms with E-state index in [1.54, 1.807) is 11.5 Å². The zero-order chi connectivity index (χ0) is 10.5. The molecule has 0 fully saturated rings. The fraction of sp³-hybridized carbons (Fsp3) is 0.400. The van der Waals surface area contributed by atoms with Crippen molar-refractivity contribution in [3.05, 3.63) is 16.6 Å². The number of aromatic nitrogens is 1. The van der Waals surface area contributed by atoms with E-state index >= 15 is 0 Å². The van der Waals surface area contributed by atoms with Crippen LogP contribution in [0.3, 0.4) is 0 Å². The van der Waals surface area contributed by atoms with Crippen LogP contribution in [-0.2, 0) is 17.0 Å². The number of rotatable bonds is 1. The van der Waals surface area contributed by atoms with Crippen LogP contribution in [0.5, 0.6) is 0 Å². The molecule has 0 atom stereocenters. The topological polar surface area (TPSA) is 61.1 Å². The highest BCUT2D eigenvalue weighted by Crippen LogP contribution is 2.02. The van der Waals surface area contributed by atoms with Gasteiger partial charge in [-0.15, -0.1) is 7.84 Å². The largest absolute Gasteiger partial charge is 0.722 e. The Bertz CT molecular complexity index is 342. The van der Waals surface area contributed by atoms with Crippen LogP contribution in [0.1, 0.15) is 6.92 Å². The average molecular weight is 248 g/mol. The second-order valence-corrected chi connectivity index (χ2v) is 3.92. The highest BCUT2D eigenvalue weighted by molar-refractivity contribution is 7.80. The summed E-state index contributed by atoms with van der Waals surface area (Å²) >= 11 is 7.35. The van der Waals surface area contributed by atoms with Crippen molar-refractivity contribution in [3.8, 4) is 0 Å². The van der Waals surface area contributed by atoms with Gasteiger partial charge in [-0.05, 0) is 18.5 Å². The first-order chi connectivity index (χ1) is 5.84. The SMILES string of the molecule is CC[n+]1sccc1Cl.O=S(=O)([O-])F. The van der Waals surface area contributed by atoms with E-state index in [0.717, 1.165) is 11.7 Å². The van der Waals surface area contributed by atoms with E-state index in [0.29, 0.717) is 0 Å². The number of aryl methyl sites for hydroxylation is 1. The van der Waals surface area contributed by atoms with Crippen molar-refractivity contribution >= 4 is 33.6 Å². The average Bonchev–Trinajstić information content (AvgIpc) is 2.31. The molecular formula is C5H7ClFNO3S2. The van der Waals surface area contributed by atoms with Crippen molar-refractivity contribution in [1.82, 2.24) is 0 Å². The molecule has 1 aromatic heterocycles. The normalized spacial score (nSPS) is 10.5. The predicted molar refractivity (Wildman–Crippen MR) is 46.0 cm³/mol. The molecule has 0 aliphatic carbocycles. The molecule has 1 rings (SSSR count). The number of hydrogen-bond acceptors (Lipinski definition) is 4. The molecule has 0 amide bonds. The molecule has 8 heteroatoms. The van der Waals surface area contributed by atoms with E-state index in [2.05, 4.69) is 6.92 Å². The lowest BCUT2D eigenvalue weighted by atomic mass is 10.7. The maximum absolute atomic E-state index is 10.1. The lowest BCUT2D eigenvalue weighted by Crippen LogP contribution is -2.26. The fourth-order valence-electron chi connectivity index (χ4n) is 0.519. The van der Waals surface area contributed by atoms with Crippen LogP contribution in [0.4, 0.5) is 3.89 Å². The summed E-state index contributed by atoms with van der Waals surface area (Å²) in [4.78, 5) is 0. The minimum Gasteiger partial charge on any atom is -0.722 e. The molecule has 13 heavy (non-hydrogen) atoms. The molecule has 0 spiro atoms. The van der Waals surface area contributed by atoms with Crippen molar-refractivity contribution in [2.24, 2.45) is 0 Å². The Balaban J connectivity index is 0.000000252. The quantitative estimate of drug-likeness (QED) is 0.425. The Morgan fingerprint density at radius 1 is 1.77 bits per heavy atom. The van der Waals surface area contributed by atoms with Crippen molar-refractivity contribution in [1.29, 1.82) is 0 Å². The molecule has 0 saturated carbocycles. The van der Waals surface area contributed by atoms with E-state index < -0.39 is 10.5 Å². The first-order valence-corrected chi connectivity index (χ1v) is 5.65. The first kappa shape index (κ1) is 12.8. The Kier molecular flexibility index (Phi) is 5.38. The summed E-state index contributed by atoms with van der Waals surface area (Å²) in [5.41, 5.74) is 0. The van der Waals surface area contributed by atoms with Crippen LogP contribution in [0.2, 0.25) is 5.15 Å². The first-order valence-electron chi connectivity index (χ1n) is 3.13. The lowest BCUT2D eigenvalue weighted by molar-refractivity contribution is -0.622. The lowest BCUT2D eigenvalue weighted by Gasteiger charge is -1.84. The number of halogens is 2. The van der Waals surface area contributed by atoms with Gasteiger partial charge in [0.2, 0.25) is 0 Å². The van der Waals surface area contributed by atoms with Crippen molar-refractivity contribution in [2.45, 2.75) is 13.5 Å². The molecule has 0 bridgehead atoms. The van der Waals surface area contributed by atoms with Crippen LogP contribution < -0.4 is 3.96 Å². The Morgan fingerprint density at radius 3 is 2.38 bits per heavy atom. The summed E-state index contributed by atoms with van der Waals surface area (Å²) in [6.45, 7) is 3.04. The Hall–Kier alpha value is -0.240. The van der Waals surface area contributed by atoms with E-state index in [1.165, 1.54) is 0 Å². The fourth-order valence-corrected chi connectivity index (χ4v) is 1.54. The Labute approximate surface area is 84.8 Å². The van der Waals surface area contributed by atoms with Gasteiger partial charge in [0.15, 0.2) is 6.54 Å². The van der Waals surface area contributed by atoms with Crippen molar-refractivity contribution in [2.75, 3.05) is 0 Å². The van der Waals surface area contributed by atoms with E-state index in [-0.39, 0.29) is 0 Å². The summed E-state index contributed by atoms with van der Waals surface area (Å²) < 4.78 is 37.3. The summed E-state index contributed by atoms with van der Waals surface area (Å²) in [6.07, 6.45) is 0. The maximum atomic E-state index is 10.1. The summed E-state index contributed by atoms with van der Waals surface area (Å²) in [5, 5.41) is 2.81. The van der Waals surface area contributed by atoms with Gasteiger partial charge in [-0.2, -0.15) is 0 Å². The van der Waals surface area contributed by atoms with E-state index in [9.17, 15) is 3.89 Å². The van der Waals surface area contributed by atoms with Gasteiger partial charge in [0.1, 0.15) is 11.5 Å². The molecule has 0 saturated heterocycles. The number of hydrogen-bond donors (Lipinski definition) is 0. The molecule has 0 N–H and O–H groups in total. The van der Waals surface area contributed by atoms with Crippen LogP contribution in [0.15, 0.2) is 11.4 Å². The van der Waals surface area contributed by atoms with Crippen molar-refractivity contribution < 1.29 is 20.8 Å². The second-order valence-electron chi connectivity index (χ2n) is 1.82. The maximum Gasteiger partial charge on any atom is 0.289 e. The van der Waals surface area contributed by atoms with Crippen LogP contribution in [0.25, 0.3) is 0 Å². The summed E-state index contributed by atoms with van der Waals surface area (Å²) in [6, 6.07) is 1.90. The third-order valence-corrected chi connectivity index (χ3v) is 2.32. The standard InChI is InChI=1S/C5H7ClNS.FHO3S/c1-2-7-5(6)3-4-8-7;1-5(2,3)4/h3-4H,2H2,1H3;(H,2,3,4)/q+1;/p-1. The molecule has 4 nitrogen and oxygen atoms in total. The molecule has 0 aromatic carbocycles. The molecule has 1 heterocycles. The Morgan fingerprint density at radius 2 is 2.23 bits per heavy atom. The smallest absolute Gasteiger partial charge is 0.289 e. The minimum atomic E-state index is -5.42. The van der Waals surface area contributed by atoms with E-state index in [1.807, 2.05) is 15.4 Å². The molecule has 0 aliphatic rings. The van der Waals surface area contributed by atoms with E-state index in [4.69, 9.17) is 24.6 Å². The predicted octanol–water partition coefficient (Wildman–Crippen LogP) is 1.13. The molecule has 76 valence electrons. The zero-order valence-corrected chi connectivity index (χ0v) is 9.00. The monoisotopic (exact) mass is 247 g/mol. The third kappa shape index (κ3) is 8.10. The van der Waals surface area contributed by atoms with Crippen molar-refractivity contribution in [3.63, 3.8) is 0 Å². The van der Waals surface area contributed by atoms with Gasteiger partial charge in [-0.25, -0.2) is 8.42 Å². The summed E-state index contributed by atoms with van der Waals surface area (Å²) in [5.74, 6) is 0. The van der Waals surface area contributed by atoms with Gasteiger partial charge < -0.3 is 4.55 Å². The zero-order valence-electron chi connectivity index (χ0n) is 6.61. The van der Waals surface area contributed by atoms with Crippen LogP contribution in [-0.4, -0.2) is 13.0 Å².